The van der Waals surface area contributed by atoms with Crippen LogP contribution in [0.15, 0.2) is 66.0 Å². The average molecular weight is 335 g/mol. The van der Waals surface area contributed by atoms with Gasteiger partial charge in [0.2, 0.25) is 0 Å². The van der Waals surface area contributed by atoms with Crippen molar-refractivity contribution in [1.82, 2.24) is 4.90 Å². The molecule has 0 saturated carbocycles. The molecule has 0 bridgehead atoms. The Hall–Kier alpha value is -2.10. The minimum atomic E-state index is 0.480. The largest absolute Gasteiger partial charge is 0.497 e. The zero-order valence-corrected chi connectivity index (χ0v) is 14.6. The topological polar surface area (TPSA) is 12.5 Å². The Morgan fingerprint density at radius 1 is 1.04 bits per heavy atom. The standard InChI is InChI=1S/C21H21NOS/c1-23-19-9-7-16(8-10-19)13-22-14-18-11-12-24-21(18)20(15-22)17-5-3-2-4-6-17/h2-12,20H,13-15H2,1H3. The van der Waals surface area contributed by atoms with Crippen molar-refractivity contribution in [3.8, 4) is 5.75 Å². The zero-order valence-electron chi connectivity index (χ0n) is 13.8. The molecule has 1 aliphatic rings. The summed E-state index contributed by atoms with van der Waals surface area (Å²) in [6, 6.07) is 21.6. The summed E-state index contributed by atoms with van der Waals surface area (Å²) >= 11 is 1.90. The molecule has 2 heterocycles. The van der Waals surface area contributed by atoms with Gasteiger partial charge >= 0.3 is 0 Å². The van der Waals surface area contributed by atoms with Crippen LogP contribution in [0.25, 0.3) is 0 Å². The van der Waals surface area contributed by atoms with Crippen LogP contribution in [-0.2, 0) is 13.1 Å². The summed E-state index contributed by atoms with van der Waals surface area (Å²) < 4.78 is 5.26. The third kappa shape index (κ3) is 3.10. The minimum Gasteiger partial charge on any atom is -0.497 e. The summed E-state index contributed by atoms with van der Waals surface area (Å²) in [5.74, 6) is 1.40. The van der Waals surface area contributed by atoms with Crippen LogP contribution in [0.4, 0.5) is 0 Å². The third-order valence-corrected chi connectivity index (χ3v) is 5.77. The molecule has 3 heteroatoms. The van der Waals surface area contributed by atoms with Crippen molar-refractivity contribution in [1.29, 1.82) is 0 Å². The van der Waals surface area contributed by atoms with Crippen molar-refractivity contribution < 1.29 is 4.74 Å². The maximum atomic E-state index is 5.26. The molecule has 1 aliphatic heterocycles. The van der Waals surface area contributed by atoms with Crippen molar-refractivity contribution in [2.45, 2.75) is 19.0 Å². The molecule has 2 nitrogen and oxygen atoms in total. The lowest BCUT2D eigenvalue weighted by Gasteiger charge is -2.33. The molecule has 1 unspecified atom stereocenters. The van der Waals surface area contributed by atoms with E-state index in [1.807, 2.05) is 23.5 Å². The summed E-state index contributed by atoms with van der Waals surface area (Å²) in [4.78, 5) is 4.08. The van der Waals surface area contributed by atoms with E-state index in [9.17, 15) is 0 Å². The molecule has 0 spiro atoms. The first-order valence-corrected chi connectivity index (χ1v) is 9.18. The lowest BCUT2D eigenvalue weighted by atomic mass is 9.91. The van der Waals surface area contributed by atoms with Crippen LogP contribution >= 0.6 is 11.3 Å². The van der Waals surface area contributed by atoms with Crippen LogP contribution in [-0.4, -0.2) is 18.6 Å². The van der Waals surface area contributed by atoms with Crippen molar-refractivity contribution >= 4 is 11.3 Å². The number of fused-ring (bicyclic) bond motifs is 1. The number of ether oxygens (including phenoxy) is 1. The van der Waals surface area contributed by atoms with Crippen molar-refractivity contribution in [3.05, 3.63) is 87.6 Å². The number of nitrogens with zero attached hydrogens (tertiary/aromatic N) is 1. The van der Waals surface area contributed by atoms with Gasteiger partial charge in [-0.15, -0.1) is 11.3 Å². The zero-order chi connectivity index (χ0) is 16.4. The van der Waals surface area contributed by atoms with Crippen molar-refractivity contribution in [3.63, 3.8) is 0 Å². The van der Waals surface area contributed by atoms with E-state index < -0.39 is 0 Å². The van der Waals surface area contributed by atoms with Gasteiger partial charge in [0.1, 0.15) is 5.75 Å². The van der Waals surface area contributed by atoms with Gasteiger partial charge in [-0.1, -0.05) is 42.5 Å². The number of rotatable bonds is 4. The molecular formula is C21H21NOS. The molecule has 0 amide bonds. The molecule has 3 aromatic rings. The van der Waals surface area contributed by atoms with Gasteiger partial charge in [-0.25, -0.2) is 0 Å². The van der Waals surface area contributed by atoms with Crippen LogP contribution in [0, 0.1) is 0 Å². The summed E-state index contributed by atoms with van der Waals surface area (Å²) in [5, 5.41) is 2.23. The Kier molecular flexibility index (Phi) is 4.37. The molecule has 0 saturated heterocycles. The average Bonchev–Trinajstić information content (AvgIpc) is 3.11. The molecular weight excluding hydrogens is 314 g/mol. The third-order valence-electron chi connectivity index (χ3n) is 4.70. The second-order valence-corrected chi connectivity index (χ2v) is 7.24. The molecule has 4 rings (SSSR count). The highest BCUT2D eigenvalue weighted by Gasteiger charge is 2.27. The van der Waals surface area contributed by atoms with Gasteiger partial charge in [0.05, 0.1) is 7.11 Å². The first-order chi connectivity index (χ1) is 11.8. The molecule has 24 heavy (non-hydrogen) atoms. The molecule has 1 atom stereocenters. The van der Waals surface area contributed by atoms with Gasteiger partial charge < -0.3 is 4.74 Å². The summed E-state index contributed by atoms with van der Waals surface area (Å²) in [6.45, 7) is 3.08. The Labute approximate surface area is 147 Å². The van der Waals surface area contributed by atoms with Gasteiger partial charge in [-0.3, -0.25) is 4.90 Å². The predicted octanol–water partition coefficient (Wildman–Crippen LogP) is 4.90. The normalized spacial score (nSPS) is 17.5. The highest BCUT2D eigenvalue weighted by molar-refractivity contribution is 7.10. The van der Waals surface area contributed by atoms with Crippen molar-refractivity contribution in [2.24, 2.45) is 0 Å². The number of thiophene rings is 1. The van der Waals surface area contributed by atoms with E-state index in [0.717, 1.165) is 25.4 Å². The highest BCUT2D eigenvalue weighted by Crippen LogP contribution is 2.37. The monoisotopic (exact) mass is 335 g/mol. The molecule has 0 N–H and O–H groups in total. The van der Waals surface area contributed by atoms with E-state index in [4.69, 9.17) is 4.74 Å². The number of methoxy groups -OCH3 is 1. The van der Waals surface area contributed by atoms with E-state index in [1.165, 1.54) is 21.6 Å². The Morgan fingerprint density at radius 3 is 2.58 bits per heavy atom. The first-order valence-electron chi connectivity index (χ1n) is 8.30. The molecule has 0 fully saturated rings. The fourth-order valence-electron chi connectivity index (χ4n) is 3.48. The number of hydrogen-bond acceptors (Lipinski definition) is 3. The van der Waals surface area contributed by atoms with Gasteiger partial charge in [0.25, 0.3) is 0 Å². The van der Waals surface area contributed by atoms with E-state index in [2.05, 4.69) is 58.8 Å². The van der Waals surface area contributed by atoms with Crippen LogP contribution in [0.2, 0.25) is 0 Å². The molecule has 1 aromatic heterocycles. The van der Waals surface area contributed by atoms with Gasteiger partial charge in [-0.05, 0) is 40.3 Å². The lowest BCUT2D eigenvalue weighted by Crippen LogP contribution is -2.32. The maximum Gasteiger partial charge on any atom is 0.118 e. The van der Waals surface area contributed by atoms with Gasteiger partial charge in [0, 0.05) is 30.4 Å². The smallest absolute Gasteiger partial charge is 0.118 e. The predicted molar refractivity (Wildman–Crippen MR) is 99.7 cm³/mol. The molecule has 2 aromatic carbocycles. The Morgan fingerprint density at radius 2 is 1.83 bits per heavy atom. The molecule has 0 aliphatic carbocycles. The second kappa shape index (κ2) is 6.80. The van der Waals surface area contributed by atoms with Crippen LogP contribution < -0.4 is 4.74 Å². The summed E-state index contributed by atoms with van der Waals surface area (Å²) in [7, 11) is 1.71. The maximum absolute atomic E-state index is 5.26. The molecule has 122 valence electrons. The number of benzene rings is 2. The van der Waals surface area contributed by atoms with E-state index in [0.29, 0.717) is 5.92 Å². The number of hydrogen-bond donors (Lipinski definition) is 0. The van der Waals surface area contributed by atoms with E-state index >= 15 is 0 Å². The van der Waals surface area contributed by atoms with Crippen LogP contribution in [0.5, 0.6) is 5.75 Å². The Balaban J connectivity index is 1.57. The minimum absolute atomic E-state index is 0.480. The van der Waals surface area contributed by atoms with E-state index in [1.54, 1.807) is 7.11 Å². The van der Waals surface area contributed by atoms with Gasteiger partial charge in [-0.2, -0.15) is 0 Å². The first kappa shape index (κ1) is 15.4. The van der Waals surface area contributed by atoms with Crippen molar-refractivity contribution in [2.75, 3.05) is 13.7 Å². The molecule has 0 radical (unpaired) electrons. The summed E-state index contributed by atoms with van der Waals surface area (Å²) in [6.07, 6.45) is 0. The fourth-order valence-corrected chi connectivity index (χ4v) is 4.52. The quantitative estimate of drug-likeness (QED) is 0.672. The van der Waals surface area contributed by atoms with Crippen LogP contribution in [0.3, 0.4) is 0 Å². The SMILES string of the molecule is COc1ccc(CN2Cc3ccsc3C(c3ccccc3)C2)cc1. The lowest BCUT2D eigenvalue weighted by molar-refractivity contribution is 0.234. The fraction of sp³-hybridized carbons (Fsp3) is 0.238. The van der Waals surface area contributed by atoms with E-state index in [-0.39, 0.29) is 0 Å². The van der Waals surface area contributed by atoms with Crippen LogP contribution in [0.1, 0.15) is 27.5 Å². The second-order valence-electron chi connectivity index (χ2n) is 6.29. The van der Waals surface area contributed by atoms with Gasteiger partial charge in [0.15, 0.2) is 0 Å². The summed E-state index contributed by atoms with van der Waals surface area (Å²) in [5.41, 5.74) is 4.23. The highest BCUT2D eigenvalue weighted by atomic mass is 32.1. The Bertz CT molecular complexity index is 794.